The first-order valence-electron chi connectivity index (χ1n) is 27.5. The molecule has 3 atom stereocenters. The number of hydrogen-bond acceptors (Lipinski definition) is 6. The number of allylic oxidation sites excluding steroid dienone is 1. The Hall–Kier alpha value is -0.760. The predicted molar refractivity (Wildman–Crippen MR) is 210 cm³/mol. The fourth-order valence-electron chi connectivity index (χ4n) is 4.45. The third-order valence-corrected chi connectivity index (χ3v) is 8.40. The van der Waals surface area contributed by atoms with Crippen LogP contribution in [-0.2, 0) is 18.4 Å². The molecular weight excluding hydrogens is 647 g/mol. The SMILES string of the molecule is [2H]C([2H])(CC)CC([2H])([2H])CC([2H])([2H])CC([2H])([2H])CC([2H])([2H])CC([2H])([2H])CC([2H])([2H])C([2H])([2H])C([2H])([2H])C(=O)N[C@@H](COP(=O)([O-])OCC[N+](C)(C)C)[C@H](O)/C=C/CCCCCCCCCCCCC. The molecular formula is C41H83N2O6P. The molecule has 0 radical (unpaired) electrons. The maximum atomic E-state index is 13.6. The second-order valence-electron chi connectivity index (χ2n) is 13.3. The van der Waals surface area contributed by atoms with E-state index in [9.17, 15) is 19.4 Å². The van der Waals surface area contributed by atoms with Crippen LogP contribution in [0.1, 0.15) is 218 Å². The Bertz CT molecular complexity index is 1570. The van der Waals surface area contributed by atoms with Gasteiger partial charge in [0.25, 0.3) is 7.82 Å². The van der Waals surface area contributed by atoms with Gasteiger partial charge < -0.3 is 28.8 Å². The number of phosphoric ester groups is 1. The Labute approximate surface area is 335 Å². The van der Waals surface area contributed by atoms with E-state index >= 15 is 0 Å². The molecule has 0 aromatic heterocycles. The van der Waals surface area contributed by atoms with E-state index in [1.165, 1.54) is 51.5 Å². The molecule has 1 amide bonds. The first-order valence-corrected chi connectivity index (χ1v) is 20.0. The quantitative estimate of drug-likeness (QED) is 0.0282. The summed E-state index contributed by atoms with van der Waals surface area (Å²) in [7, 11) is 0.276. The highest BCUT2D eigenvalue weighted by atomic mass is 31.2. The maximum Gasteiger partial charge on any atom is 0.268 e. The number of carbonyl (C=O) groups is 1. The minimum Gasteiger partial charge on any atom is -0.756 e. The number of unbranched alkanes of at least 4 members (excludes halogenated alkanes) is 11. The summed E-state index contributed by atoms with van der Waals surface area (Å²) in [6, 6.07) is -1.75. The molecule has 8 nitrogen and oxygen atoms in total. The molecule has 0 bridgehead atoms. The average molecular weight is 749 g/mol. The predicted octanol–water partition coefficient (Wildman–Crippen LogP) is 10.6. The Morgan fingerprint density at radius 2 is 1.24 bits per heavy atom. The minimum absolute atomic E-state index is 0.0597. The van der Waals surface area contributed by atoms with Crippen molar-refractivity contribution in [2.24, 2.45) is 0 Å². The van der Waals surface area contributed by atoms with Gasteiger partial charge in [0, 0.05) is 31.0 Å². The molecule has 298 valence electrons. The van der Waals surface area contributed by atoms with Crippen molar-refractivity contribution in [2.45, 2.75) is 205 Å². The molecule has 0 rings (SSSR count). The fourth-order valence-corrected chi connectivity index (χ4v) is 5.17. The number of carbonyl (C=O) groups excluding carboxylic acids is 1. The average Bonchev–Trinajstić information content (AvgIpc) is 3.11. The molecule has 0 aromatic carbocycles. The van der Waals surface area contributed by atoms with Gasteiger partial charge in [-0.1, -0.05) is 180 Å². The zero-order valence-corrected chi connectivity index (χ0v) is 32.6. The Morgan fingerprint density at radius 3 is 1.76 bits per heavy atom. The summed E-state index contributed by atoms with van der Waals surface area (Å²) >= 11 is 0. The lowest BCUT2D eigenvalue weighted by Crippen LogP contribution is -2.45. The molecule has 50 heavy (non-hydrogen) atoms. The maximum absolute atomic E-state index is 13.6. The van der Waals surface area contributed by atoms with E-state index in [0.717, 1.165) is 32.1 Å². The highest BCUT2D eigenvalue weighted by Crippen LogP contribution is 2.38. The summed E-state index contributed by atoms with van der Waals surface area (Å²) in [5.41, 5.74) is 0. The normalized spacial score (nSPS) is 22.5. The number of phosphoric acid groups is 1. The molecule has 0 aliphatic rings. The van der Waals surface area contributed by atoms with Gasteiger partial charge in [0.15, 0.2) is 0 Å². The zero-order valence-electron chi connectivity index (χ0n) is 49.7. The molecule has 0 aromatic rings. The number of hydrogen-bond donors (Lipinski definition) is 2. The largest absolute Gasteiger partial charge is 0.756 e. The van der Waals surface area contributed by atoms with Gasteiger partial charge in [-0.3, -0.25) is 9.36 Å². The molecule has 9 heteroatoms. The van der Waals surface area contributed by atoms with E-state index in [4.69, 9.17) is 33.7 Å². The van der Waals surface area contributed by atoms with Crippen LogP contribution < -0.4 is 10.2 Å². The van der Waals surface area contributed by atoms with Crippen LogP contribution in [0, 0.1) is 0 Å². The smallest absolute Gasteiger partial charge is 0.268 e. The first-order chi connectivity index (χ1) is 30.5. The third-order valence-electron chi connectivity index (χ3n) is 7.44. The van der Waals surface area contributed by atoms with Gasteiger partial charge in [-0.2, -0.15) is 0 Å². The van der Waals surface area contributed by atoms with Crippen molar-refractivity contribution < 1.29 is 57.6 Å². The lowest BCUT2D eigenvalue weighted by Gasteiger charge is -2.29. The number of amides is 1. The van der Waals surface area contributed by atoms with Crippen LogP contribution in [0.4, 0.5) is 0 Å². The Morgan fingerprint density at radius 1 is 0.740 bits per heavy atom. The van der Waals surface area contributed by atoms with Crippen molar-refractivity contribution in [3.05, 3.63) is 12.2 Å². The van der Waals surface area contributed by atoms with Gasteiger partial charge in [-0.25, -0.2) is 0 Å². The molecule has 0 heterocycles. The summed E-state index contributed by atoms with van der Waals surface area (Å²) in [4.78, 5) is 26.2. The lowest BCUT2D eigenvalue weighted by molar-refractivity contribution is -0.870. The number of rotatable bonds is 38. The first kappa shape index (κ1) is 26.1. The third kappa shape index (κ3) is 35.6. The van der Waals surface area contributed by atoms with Gasteiger partial charge in [0.2, 0.25) is 5.91 Å². The number of nitrogens with one attached hydrogen (secondary N) is 1. The minimum atomic E-state index is -5.07. The van der Waals surface area contributed by atoms with Crippen molar-refractivity contribution in [3.63, 3.8) is 0 Å². The molecule has 0 fully saturated rings. The highest BCUT2D eigenvalue weighted by Gasteiger charge is 2.23. The Kier molecular flexibility index (Phi) is 17.8. The molecule has 1 unspecified atom stereocenters. The molecule has 0 aliphatic heterocycles. The summed E-state index contributed by atoms with van der Waals surface area (Å²) < 4.78 is 173. The van der Waals surface area contributed by atoms with E-state index in [0.29, 0.717) is 10.9 Å². The van der Waals surface area contributed by atoms with Crippen LogP contribution in [-0.4, -0.2) is 68.5 Å². The van der Waals surface area contributed by atoms with Crippen molar-refractivity contribution in [3.8, 4) is 0 Å². The van der Waals surface area contributed by atoms with E-state index in [2.05, 4.69) is 6.92 Å². The van der Waals surface area contributed by atoms with Gasteiger partial charge in [-0.15, -0.1) is 0 Å². The summed E-state index contributed by atoms with van der Waals surface area (Å²) in [5, 5.41) is 13.1. The van der Waals surface area contributed by atoms with Crippen LogP contribution in [0.2, 0.25) is 0 Å². The monoisotopic (exact) mass is 749 g/mol. The van der Waals surface area contributed by atoms with E-state index in [1.807, 2.05) is 5.32 Å². The molecule has 0 saturated heterocycles. The van der Waals surface area contributed by atoms with Crippen LogP contribution in [0.3, 0.4) is 0 Å². The second kappa shape index (κ2) is 34.0. The summed E-state index contributed by atoms with van der Waals surface area (Å²) in [6.07, 6.45) is -20.0. The van der Waals surface area contributed by atoms with Gasteiger partial charge in [0.1, 0.15) is 13.2 Å². The Balaban J connectivity index is 6.05. The number of quaternary nitrogens is 1. The molecule has 2 N–H and O–H groups in total. The van der Waals surface area contributed by atoms with Gasteiger partial charge in [-0.05, 0) is 19.2 Å². The van der Waals surface area contributed by atoms with Crippen molar-refractivity contribution >= 4 is 13.7 Å². The second-order valence-corrected chi connectivity index (χ2v) is 14.7. The van der Waals surface area contributed by atoms with E-state index < -0.39 is 128 Å². The van der Waals surface area contributed by atoms with Crippen LogP contribution in [0.5, 0.6) is 0 Å². The van der Waals surface area contributed by atoms with Gasteiger partial charge in [0.05, 0.1) is 39.9 Å². The van der Waals surface area contributed by atoms with E-state index in [1.54, 1.807) is 27.2 Å². The van der Waals surface area contributed by atoms with Crippen molar-refractivity contribution in [2.75, 3.05) is 40.9 Å². The molecule has 0 saturated carbocycles. The number of likely N-dealkylation sites (N-methyl/N-ethyl adjacent to an activating group) is 1. The number of nitrogens with zero attached hydrogens (tertiary/aromatic N) is 1. The number of aliphatic hydroxyl groups is 1. The summed E-state index contributed by atoms with van der Waals surface area (Å²) in [6.45, 7) is 2.61. The molecule has 0 spiro atoms. The summed E-state index contributed by atoms with van der Waals surface area (Å²) in [5.74, 6) is -1.86. The standard InChI is InChI=1S/C41H83N2O6P/c1-6-8-10-12-14-16-18-20-21-23-25-27-29-31-33-35-41(45)42-39(38-49-50(46,47)48-37-36-43(3,4)5)40(44)34-32-30-28-26-24-22-19-17-15-13-11-9-7-2/h32,34,39-40,44H,6-31,33,35-38H2,1-5H3,(H-,42,45,46,47)/b34-32+/t39-,40+/m0/s1/i8D2,12D2,16D2,20D2,23D2,27D2,31D2,33D2,35D2. The number of aliphatic hydroxyl groups excluding tert-OH is 1. The fraction of sp³-hybridized carbons (Fsp3) is 0.927. The van der Waals surface area contributed by atoms with Crippen LogP contribution in [0.25, 0.3) is 0 Å². The molecule has 0 aliphatic carbocycles. The van der Waals surface area contributed by atoms with Crippen LogP contribution >= 0.6 is 7.82 Å². The topological polar surface area (TPSA) is 108 Å². The van der Waals surface area contributed by atoms with E-state index in [-0.39, 0.29) is 19.6 Å². The zero-order chi connectivity index (χ0) is 53.3. The van der Waals surface area contributed by atoms with Crippen molar-refractivity contribution in [1.82, 2.24) is 5.32 Å². The van der Waals surface area contributed by atoms with Gasteiger partial charge >= 0.3 is 0 Å². The highest BCUT2D eigenvalue weighted by molar-refractivity contribution is 7.45. The van der Waals surface area contributed by atoms with Crippen LogP contribution in [0.15, 0.2) is 12.2 Å². The van der Waals surface area contributed by atoms with Crippen molar-refractivity contribution in [1.29, 1.82) is 0 Å². The lowest BCUT2D eigenvalue weighted by atomic mass is 10.0.